The van der Waals surface area contributed by atoms with Crippen LogP contribution in [0, 0.1) is 11.8 Å². The molecule has 2 atom stereocenters. The van der Waals surface area contributed by atoms with Crippen LogP contribution in [0.3, 0.4) is 0 Å². The summed E-state index contributed by atoms with van der Waals surface area (Å²) in [7, 11) is 0. The molecule has 98 valence electrons. The molecule has 0 aromatic rings. The van der Waals surface area contributed by atoms with Gasteiger partial charge < -0.3 is 15.8 Å². The molecular formula is C11H21N3O2S. The first-order valence-electron chi connectivity index (χ1n) is 5.85. The fourth-order valence-corrected chi connectivity index (χ4v) is 3.04. The van der Waals surface area contributed by atoms with E-state index in [0.29, 0.717) is 5.25 Å². The second-order valence-corrected chi connectivity index (χ2v) is 6.26. The Hall–Kier alpha value is -0.910. The molecule has 0 saturated carbocycles. The maximum atomic E-state index is 12.3. The van der Waals surface area contributed by atoms with E-state index in [-0.39, 0.29) is 17.7 Å². The number of thioether (sulfide) groups is 1. The van der Waals surface area contributed by atoms with E-state index < -0.39 is 5.92 Å². The van der Waals surface area contributed by atoms with Crippen LogP contribution in [0.1, 0.15) is 20.8 Å². The van der Waals surface area contributed by atoms with Gasteiger partial charge in [-0.2, -0.15) is 11.8 Å². The lowest BCUT2D eigenvalue weighted by molar-refractivity contribution is -0.134. The van der Waals surface area contributed by atoms with Crippen molar-refractivity contribution in [2.45, 2.75) is 26.0 Å². The van der Waals surface area contributed by atoms with Crippen LogP contribution in [0.5, 0.6) is 0 Å². The monoisotopic (exact) mass is 259 g/mol. The quantitative estimate of drug-likeness (QED) is 0.342. The second kappa shape index (κ2) is 6.14. The van der Waals surface area contributed by atoms with Crippen molar-refractivity contribution in [2.75, 3.05) is 18.8 Å². The van der Waals surface area contributed by atoms with Gasteiger partial charge in [-0.1, -0.05) is 25.9 Å². The van der Waals surface area contributed by atoms with Crippen molar-refractivity contribution in [3.8, 4) is 0 Å². The van der Waals surface area contributed by atoms with Gasteiger partial charge in [0, 0.05) is 24.1 Å². The van der Waals surface area contributed by atoms with Crippen molar-refractivity contribution >= 4 is 23.5 Å². The summed E-state index contributed by atoms with van der Waals surface area (Å²) >= 11 is 1.87. The van der Waals surface area contributed by atoms with Crippen LogP contribution in [0.25, 0.3) is 0 Å². The lowest BCUT2D eigenvalue weighted by Gasteiger charge is -2.34. The van der Waals surface area contributed by atoms with Crippen molar-refractivity contribution in [3.05, 3.63) is 0 Å². The largest absolute Gasteiger partial charge is 0.409 e. The minimum Gasteiger partial charge on any atom is -0.409 e. The summed E-state index contributed by atoms with van der Waals surface area (Å²) in [6.45, 7) is 7.41. The lowest BCUT2D eigenvalue weighted by Crippen LogP contribution is -2.48. The molecule has 0 bridgehead atoms. The number of carbonyl (C=O) groups excluding carboxylic acids is 1. The molecule has 1 saturated heterocycles. The van der Waals surface area contributed by atoms with E-state index in [1.807, 2.05) is 30.5 Å². The standard InChI is InChI=1S/C11H21N3O2S/c1-7(2)9(10(12)13-16)11(15)14-4-5-17-8(3)6-14/h7-9,16H,4-6H2,1-3H3,(H2,12,13). The highest BCUT2D eigenvalue weighted by Crippen LogP contribution is 2.22. The average molecular weight is 259 g/mol. The van der Waals surface area contributed by atoms with Crippen LogP contribution in [0.2, 0.25) is 0 Å². The Bertz CT molecular complexity index is 307. The van der Waals surface area contributed by atoms with Gasteiger partial charge in [0.05, 0.1) is 0 Å². The first-order valence-corrected chi connectivity index (χ1v) is 6.90. The zero-order valence-electron chi connectivity index (χ0n) is 10.6. The van der Waals surface area contributed by atoms with Gasteiger partial charge in [0.1, 0.15) is 5.92 Å². The molecule has 1 rings (SSSR count). The molecule has 1 fully saturated rings. The molecule has 1 aliphatic heterocycles. The smallest absolute Gasteiger partial charge is 0.233 e. The highest BCUT2D eigenvalue weighted by molar-refractivity contribution is 7.99. The Morgan fingerprint density at radius 3 is 2.71 bits per heavy atom. The van der Waals surface area contributed by atoms with E-state index in [0.717, 1.165) is 18.8 Å². The van der Waals surface area contributed by atoms with Crippen molar-refractivity contribution in [1.29, 1.82) is 0 Å². The van der Waals surface area contributed by atoms with Gasteiger partial charge in [-0.15, -0.1) is 0 Å². The molecule has 0 radical (unpaired) electrons. The van der Waals surface area contributed by atoms with Crippen LogP contribution in [-0.4, -0.2) is 45.9 Å². The van der Waals surface area contributed by atoms with Gasteiger partial charge in [0.25, 0.3) is 0 Å². The summed E-state index contributed by atoms with van der Waals surface area (Å²) in [4.78, 5) is 14.2. The summed E-state index contributed by atoms with van der Waals surface area (Å²) < 4.78 is 0. The number of carbonyl (C=O) groups is 1. The third-order valence-electron chi connectivity index (χ3n) is 2.92. The number of amidine groups is 1. The van der Waals surface area contributed by atoms with Crippen molar-refractivity contribution in [2.24, 2.45) is 22.7 Å². The van der Waals surface area contributed by atoms with E-state index in [2.05, 4.69) is 12.1 Å². The molecule has 1 aliphatic rings. The predicted molar refractivity (Wildman–Crippen MR) is 70.2 cm³/mol. The first-order chi connectivity index (χ1) is 7.97. The van der Waals surface area contributed by atoms with Gasteiger partial charge >= 0.3 is 0 Å². The summed E-state index contributed by atoms with van der Waals surface area (Å²) in [5.74, 6) is 0.449. The van der Waals surface area contributed by atoms with E-state index in [9.17, 15) is 4.79 Å². The number of oxime groups is 1. The third-order valence-corrected chi connectivity index (χ3v) is 4.06. The summed E-state index contributed by atoms with van der Waals surface area (Å²) in [5.41, 5.74) is 5.61. The zero-order chi connectivity index (χ0) is 13.0. The molecule has 2 unspecified atom stereocenters. The minimum absolute atomic E-state index is 0.0101. The molecule has 1 heterocycles. The predicted octanol–water partition coefficient (Wildman–Crippen LogP) is 0.969. The van der Waals surface area contributed by atoms with E-state index >= 15 is 0 Å². The minimum atomic E-state index is -0.518. The maximum absolute atomic E-state index is 12.3. The SMILES string of the molecule is CC1CN(C(=O)C(C(N)=NO)C(C)C)CCS1. The van der Waals surface area contributed by atoms with Crippen molar-refractivity contribution in [1.82, 2.24) is 4.90 Å². The Kier molecular flexibility index (Phi) is 5.11. The van der Waals surface area contributed by atoms with Gasteiger partial charge in [0.15, 0.2) is 5.84 Å². The topological polar surface area (TPSA) is 78.9 Å². The first kappa shape index (κ1) is 14.2. The molecule has 6 heteroatoms. The molecule has 0 spiro atoms. The highest BCUT2D eigenvalue weighted by Gasteiger charge is 2.32. The molecule has 17 heavy (non-hydrogen) atoms. The number of nitrogens with two attached hydrogens (primary N) is 1. The van der Waals surface area contributed by atoms with Crippen molar-refractivity contribution < 1.29 is 10.0 Å². The number of hydrogen-bond donors (Lipinski definition) is 2. The highest BCUT2D eigenvalue weighted by atomic mass is 32.2. The maximum Gasteiger partial charge on any atom is 0.233 e. The second-order valence-electron chi connectivity index (χ2n) is 4.71. The molecule has 0 aromatic heterocycles. The fraction of sp³-hybridized carbons (Fsp3) is 0.818. The number of hydrogen-bond acceptors (Lipinski definition) is 4. The third kappa shape index (κ3) is 3.52. The Morgan fingerprint density at radius 2 is 2.24 bits per heavy atom. The van der Waals surface area contributed by atoms with Crippen molar-refractivity contribution in [3.63, 3.8) is 0 Å². The molecule has 0 aromatic carbocycles. The van der Waals surface area contributed by atoms with E-state index in [1.54, 1.807) is 0 Å². The molecule has 3 N–H and O–H groups in total. The molecule has 1 amide bonds. The van der Waals surface area contributed by atoms with Crippen LogP contribution < -0.4 is 5.73 Å². The molecular weight excluding hydrogens is 238 g/mol. The van der Waals surface area contributed by atoms with Gasteiger partial charge in [0.2, 0.25) is 5.91 Å². The number of rotatable bonds is 3. The van der Waals surface area contributed by atoms with E-state index in [4.69, 9.17) is 10.9 Å². The number of amides is 1. The molecule has 0 aliphatic carbocycles. The average Bonchev–Trinajstić information content (AvgIpc) is 2.28. The van der Waals surface area contributed by atoms with Crippen LogP contribution in [0.15, 0.2) is 5.16 Å². The van der Waals surface area contributed by atoms with Crippen LogP contribution >= 0.6 is 11.8 Å². The summed E-state index contributed by atoms with van der Waals surface area (Å²) in [6, 6.07) is 0. The Morgan fingerprint density at radius 1 is 1.59 bits per heavy atom. The fourth-order valence-electron chi connectivity index (χ4n) is 2.03. The normalized spacial score (nSPS) is 23.9. The number of nitrogens with zero attached hydrogens (tertiary/aromatic N) is 2. The van der Waals surface area contributed by atoms with E-state index in [1.165, 1.54) is 0 Å². The summed E-state index contributed by atoms with van der Waals surface area (Å²) in [5, 5.41) is 12.2. The van der Waals surface area contributed by atoms with Gasteiger partial charge in [-0.05, 0) is 5.92 Å². The van der Waals surface area contributed by atoms with Gasteiger partial charge in [-0.25, -0.2) is 0 Å². The Labute approximate surface area is 106 Å². The zero-order valence-corrected chi connectivity index (χ0v) is 11.4. The van der Waals surface area contributed by atoms with Crippen LogP contribution in [0.4, 0.5) is 0 Å². The van der Waals surface area contributed by atoms with Gasteiger partial charge in [-0.3, -0.25) is 4.79 Å². The summed E-state index contributed by atoms with van der Waals surface area (Å²) in [6.07, 6.45) is 0. The van der Waals surface area contributed by atoms with Crippen LogP contribution in [-0.2, 0) is 4.79 Å². The lowest BCUT2D eigenvalue weighted by atomic mass is 9.93. The Balaban J connectivity index is 2.77. The molecule has 5 nitrogen and oxygen atoms in total.